The van der Waals surface area contributed by atoms with Crippen LogP contribution in [0.3, 0.4) is 0 Å². The van der Waals surface area contributed by atoms with E-state index < -0.39 is 0 Å². The highest BCUT2D eigenvalue weighted by Crippen LogP contribution is 2.25. The van der Waals surface area contributed by atoms with Gasteiger partial charge in [-0.25, -0.2) is 0 Å². The van der Waals surface area contributed by atoms with Crippen LogP contribution in [-0.4, -0.2) is 59.1 Å². The number of rotatable bonds is 2. The first-order valence-electron chi connectivity index (χ1n) is 7.62. The van der Waals surface area contributed by atoms with Crippen LogP contribution in [0.1, 0.15) is 29.6 Å². The van der Waals surface area contributed by atoms with E-state index >= 15 is 0 Å². The fraction of sp³-hybridized carbons (Fsp3) is 0.562. The summed E-state index contributed by atoms with van der Waals surface area (Å²) in [6.07, 6.45) is 2.89. The lowest BCUT2D eigenvalue weighted by atomic mass is 10.1. The van der Waals surface area contributed by atoms with Gasteiger partial charge in [0.05, 0.1) is 6.10 Å². The molecule has 5 heteroatoms. The molecule has 2 fully saturated rings. The van der Waals surface area contributed by atoms with Gasteiger partial charge in [0.25, 0.3) is 5.91 Å². The molecule has 1 amide bonds. The number of amides is 1. The van der Waals surface area contributed by atoms with E-state index in [0.717, 1.165) is 32.4 Å². The molecule has 1 N–H and O–H groups in total. The Morgan fingerprint density at radius 3 is 2.57 bits per heavy atom. The van der Waals surface area contributed by atoms with Crippen molar-refractivity contribution < 1.29 is 9.90 Å². The normalized spacial score (nSPS) is 27.0. The number of carbonyl (C=O) groups excluding carboxylic acids is 1. The first-order chi connectivity index (χ1) is 10.1. The largest absolute Gasteiger partial charge is 0.391 e. The molecule has 4 nitrogen and oxygen atoms in total. The summed E-state index contributed by atoms with van der Waals surface area (Å²) in [6.45, 7) is 3.12. The van der Waals surface area contributed by atoms with Gasteiger partial charge in [0.1, 0.15) is 0 Å². The van der Waals surface area contributed by atoms with E-state index in [0.29, 0.717) is 23.7 Å². The lowest BCUT2D eigenvalue weighted by molar-refractivity contribution is 0.0315. The monoisotopic (exact) mass is 308 g/mol. The number of aliphatic hydroxyl groups is 1. The van der Waals surface area contributed by atoms with Gasteiger partial charge in [-0.1, -0.05) is 17.7 Å². The quantitative estimate of drug-likeness (QED) is 0.909. The molecule has 1 aromatic rings. The Morgan fingerprint density at radius 1 is 1.19 bits per heavy atom. The summed E-state index contributed by atoms with van der Waals surface area (Å²) >= 11 is 5.95. The number of nitrogens with zero attached hydrogens (tertiary/aromatic N) is 2. The van der Waals surface area contributed by atoms with Gasteiger partial charge in [-0.05, 0) is 37.5 Å². The Balaban J connectivity index is 1.59. The molecule has 2 atom stereocenters. The molecule has 3 rings (SSSR count). The summed E-state index contributed by atoms with van der Waals surface area (Å²) in [5.74, 6) is 0.0455. The maximum atomic E-state index is 12.4. The second-order valence-electron chi connectivity index (χ2n) is 5.90. The Labute approximate surface area is 130 Å². The Kier molecular flexibility index (Phi) is 4.48. The van der Waals surface area contributed by atoms with Crippen LogP contribution < -0.4 is 0 Å². The number of hydrogen-bond acceptors (Lipinski definition) is 3. The van der Waals surface area contributed by atoms with Crippen LogP contribution in [0.25, 0.3) is 0 Å². The van der Waals surface area contributed by atoms with E-state index in [9.17, 15) is 9.90 Å². The molecular formula is C16H21ClN2O2. The fourth-order valence-electron chi connectivity index (χ4n) is 3.41. The van der Waals surface area contributed by atoms with Crippen molar-refractivity contribution in [2.24, 2.45) is 0 Å². The number of benzene rings is 1. The minimum absolute atomic E-state index is 0.0455. The summed E-state index contributed by atoms with van der Waals surface area (Å²) in [7, 11) is 0. The standard InChI is InChI=1S/C16H21ClN2O2/c17-13-4-1-3-12(11-13)16(21)19-9-7-18(8-10-19)14-5-2-6-15(14)20/h1,3-4,11,14-15,20H,2,5-10H2/t14-,15+/m1/s1. The fourth-order valence-corrected chi connectivity index (χ4v) is 3.60. The molecule has 1 saturated carbocycles. The minimum Gasteiger partial charge on any atom is -0.391 e. The van der Waals surface area contributed by atoms with Gasteiger partial charge in [-0.15, -0.1) is 0 Å². The molecule has 2 aliphatic rings. The maximum Gasteiger partial charge on any atom is 0.253 e. The molecule has 114 valence electrons. The molecule has 1 heterocycles. The first kappa shape index (κ1) is 14.8. The third-order valence-electron chi connectivity index (χ3n) is 4.59. The van der Waals surface area contributed by atoms with Crippen molar-refractivity contribution in [1.29, 1.82) is 0 Å². The van der Waals surface area contributed by atoms with Crippen LogP contribution in [0, 0.1) is 0 Å². The van der Waals surface area contributed by atoms with Crippen molar-refractivity contribution in [1.82, 2.24) is 9.80 Å². The smallest absolute Gasteiger partial charge is 0.253 e. The molecule has 0 aromatic heterocycles. The van der Waals surface area contributed by atoms with Crippen molar-refractivity contribution in [3.63, 3.8) is 0 Å². The number of hydrogen-bond donors (Lipinski definition) is 1. The molecule has 1 aliphatic heterocycles. The predicted octanol–water partition coefficient (Wildman–Crippen LogP) is 2.01. The SMILES string of the molecule is O=C(c1cccc(Cl)c1)N1CCN([C@@H]2CCC[C@@H]2O)CC1. The average Bonchev–Trinajstić information content (AvgIpc) is 2.93. The Hall–Kier alpha value is -1.10. The molecule has 0 unspecified atom stereocenters. The summed E-state index contributed by atoms with van der Waals surface area (Å²) < 4.78 is 0. The molecular weight excluding hydrogens is 288 g/mol. The van der Waals surface area contributed by atoms with E-state index in [4.69, 9.17) is 11.6 Å². The number of halogens is 1. The zero-order valence-corrected chi connectivity index (χ0v) is 12.8. The lowest BCUT2D eigenvalue weighted by Gasteiger charge is -2.39. The molecule has 0 bridgehead atoms. The van der Waals surface area contributed by atoms with Crippen molar-refractivity contribution in [2.75, 3.05) is 26.2 Å². The molecule has 1 aliphatic carbocycles. The average molecular weight is 309 g/mol. The second kappa shape index (κ2) is 6.34. The predicted molar refractivity (Wildman–Crippen MR) is 82.6 cm³/mol. The number of aliphatic hydroxyl groups excluding tert-OH is 1. The zero-order chi connectivity index (χ0) is 14.8. The summed E-state index contributed by atoms with van der Waals surface area (Å²) in [5.41, 5.74) is 0.650. The van der Waals surface area contributed by atoms with E-state index in [-0.39, 0.29) is 18.1 Å². The van der Waals surface area contributed by atoms with Gasteiger partial charge in [-0.2, -0.15) is 0 Å². The molecule has 1 saturated heterocycles. The van der Waals surface area contributed by atoms with Crippen molar-refractivity contribution in [3.05, 3.63) is 34.9 Å². The first-order valence-corrected chi connectivity index (χ1v) is 8.00. The van der Waals surface area contributed by atoms with Crippen molar-refractivity contribution in [3.8, 4) is 0 Å². The highest BCUT2D eigenvalue weighted by Gasteiger charge is 2.33. The zero-order valence-electron chi connectivity index (χ0n) is 12.0. The van der Waals surface area contributed by atoms with E-state index in [1.807, 2.05) is 4.90 Å². The van der Waals surface area contributed by atoms with Gasteiger partial charge in [0.2, 0.25) is 0 Å². The topological polar surface area (TPSA) is 43.8 Å². The van der Waals surface area contributed by atoms with Crippen LogP contribution in [0.2, 0.25) is 5.02 Å². The highest BCUT2D eigenvalue weighted by atomic mass is 35.5. The van der Waals surface area contributed by atoms with Crippen LogP contribution in [-0.2, 0) is 0 Å². The third-order valence-corrected chi connectivity index (χ3v) is 4.82. The minimum atomic E-state index is -0.194. The maximum absolute atomic E-state index is 12.4. The van der Waals surface area contributed by atoms with E-state index in [1.54, 1.807) is 24.3 Å². The molecule has 1 aromatic carbocycles. The van der Waals surface area contributed by atoms with Gasteiger partial charge in [0.15, 0.2) is 0 Å². The van der Waals surface area contributed by atoms with E-state index in [2.05, 4.69) is 4.90 Å². The lowest BCUT2D eigenvalue weighted by Crippen LogP contribution is -2.53. The third kappa shape index (κ3) is 3.23. The van der Waals surface area contributed by atoms with Crippen molar-refractivity contribution in [2.45, 2.75) is 31.4 Å². The van der Waals surface area contributed by atoms with Gasteiger partial charge >= 0.3 is 0 Å². The van der Waals surface area contributed by atoms with E-state index in [1.165, 1.54) is 0 Å². The van der Waals surface area contributed by atoms with Crippen LogP contribution in [0.4, 0.5) is 0 Å². The summed E-state index contributed by atoms with van der Waals surface area (Å²) in [4.78, 5) is 16.7. The Bertz CT molecular complexity index is 515. The van der Waals surface area contributed by atoms with Crippen LogP contribution in [0.5, 0.6) is 0 Å². The van der Waals surface area contributed by atoms with Crippen molar-refractivity contribution >= 4 is 17.5 Å². The Morgan fingerprint density at radius 2 is 1.95 bits per heavy atom. The van der Waals surface area contributed by atoms with Crippen LogP contribution in [0.15, 0.2) is 24.3 Å². The summed E-state index contributed by atoms with van der Waals surface area (Å²) in [5, 5.41) is 10.6. The van der Waals surface area contributed by atoms with Gasteiger partial charge in [-0.3, -0.25) is 9.69 Å². The highest BCUT2D eigenvalue weighted by molar-refractivity contribution is 6.30. The number of piperazine rings is 1. The number of carbonyl (C=O) groups is 1. The van der Waals surface area contributed by atoms with Gasteiger partial charge in [0, 0.05) is 42.8 Å². The molecule has 21 heavy (non-hydrogen) atoms. The molecule has 0 radical (unpaired) electrons. The molecule has 0 spiro atoms. The second-order valence-corrected chi connectivity index (χ2v) is 6.34. The van der Waals surface area contributed by atoms with Gasteiger partial charge < -0.3 is 10.0 Å². The van der Waals surface area contributed by atoms with Crippen LogP contribution >= 0.6 is 11.6 Å². The summed E-state index contributed by atoms with van der Waals surface area (Å²) in [6, 6.07) is 7.39.